The van der Waals surface area contributed by atoms with Crippen molar-refractivity contribution in [3.8, 4) is 0 Å². The molecule has 0 aliphatic heterocycles. The highest BCUT2D eigenvalue weighted by atomic mass is 35.5. The summed E-state index contributed by atoms with van der Waals surface area (Å²) in [7, 11) is 0. The van der Waals surface area contributed by atoms with Gasteiger partial charge in [0, 0.05) is 0 Å². The number of nitrogen functional groups attached to an aromatic ring is 1. The number of nitrogens with one attached hydrogen (secondary N) is 1. The predicted octanol–water partition coefficient (Wildman–Crippen LogP) is 3.84. The Kier molecular flexibility index (Phi) is 6.01. The van der Waals surface area contributed by atoms with Crippen molar-refractivity contribution >= 4 is 29.2 Å². The summed E-state index contributed by atoms with van der Waals surface area (Å²) in [6.07, 6.45) is 4.66. The van der Waals surface area contributed by atoms with Crippen LogP contribution >= 0.6 is 11.6 Å². The Balaban J connectivity index is 1.56. The van der Waals surface area contributed by atoms with Crippen molar-refractivity contribution in [1.29, 1.82) is 0 Å². The molecule has 0 heterocycles. The van der Waals surface area contributed by atoms with Gasteiger partial charge < -0.3 is 15.8 Å². The van der Waals surface area contributed by atoms with E-state index >= 15 is 0 Å². The van der Waals surface area contributed by atoms with E-state index in [4.69, 9.17) is 22.1 Å². The third-order valence-corrected chi connectivity index (χ3v) is 5.19. The summed E-state index contributed by atoms with van der Waals surface area (Å²) >= 11 is 5.90. The van der Waals surface area contributed by atoms with E-state index in [0.717, 1.165) is 18.4 Å². The van der Waals surface area contributed by atoms with Crippen LogP contribution in [0.5, 0.6) is 0 Å². The third kappa shape index (κ3) is 4.61. The van der Waals surface area contributed by atoms with Gasteiger partial charge in [-0.2, -0.15) is 0 Å². The number of para-hydroxylation sites is 1. The van der Waals surface area contributed by atoms with E-state index in [0.29, 0.717) is 0 Å². The van der Waals surface area contributed by atoms with Gasteiger partial charge in [0.1, 0.15) is 0 Å². The summed E-state index contributed by atoms with van der Waals surface area (Å²) in [6, 6.07) is 10.9. The zero-order valence-corrected chi connectivity index (χ0v) is 16.0. The molecule has 0 spiro atoms. The Morgan fingerprint density at radius 1 is 1.19 bits per heavy atom. The molecule has 0 aromatic heterocycles. The minimum absolute atomic E-state index is 0.145. The quantitative estimate of drug-likeness (QED) is 0.604. The van der Waals surface area contributed by atoms with Crippen LogP contribution in [0.4, 0.5) is 5.69 Å². The summed E-state index contributed by atoms with van der Waals surface area (Å²) < 4.78 is 5.06. The number of aryl methyl sites for hydroxylation is 2. The maximum Gasteiger partial charge on any atom is 0.340 e. The molecular formula is C21H23ClN2O3. The fraction of sp³-hybridized carbons (Fsp3) is 0.333. The van der Waals surface area contributed by atoms with Crippen molar-refractivity contribution in [3.63, 3.8) is 0 Å². The van der Waals surface area contributed by atoms with Gasteiger partial charge in [-0.15, -0.1) is 0 Å². The molecule has 2 aromatic rings. The number of hydrogen-bond donors (Lipinski definition) is 2. The Labute approximate surface area is 163 Å². The van der Waals surface area contributed by atoms with Gasteiger partial charge in [0.2, 0.25) is 0 Å². The van der Waals surface area contributed by atoms with Crippen molar-refractivity contribution in [3.05, 3.63) is 63.7 Å². The van der Waals surface area contributed by atoms with Crippen molar-refractivity contribution in [2.24, 2.45) is 0 Å². The number of carbonyl (C=O) groups excluding carboxylic acids is 2. The molecule has 27 heavy (non-hydrogen) atoms. The van der Waals surface area contributed by atoms with Crippen molar-refractivity contribution in [2.75, 3.05) is 12.3 Å². The molecule has 1 amide bonds. The lowest BCUT2D eigenvalue weighted by molar-refractivity contribution is -0.124. The normalized spacial score (nSPS) is 14.1. The maximum absolute atomic E-state index is 12.2. The fourth-order valence-corrected chi connectivity index (χ4v) is 3.49. The predicted molar refractivity (Wildman–Crippen MR) is 106 cm³/mol. The van der Waals surface area contributed by atoms with Gasteiger partial charge in [-0.05, 0) is 61.4 Å². The second-order valence-corrected chi connectivity index (χ2v) is 7.21. The van der Waals surface area contributed by atoms with Crippen molar-refractivity contribution in [1.82, 2.24) is 5.32 Å². The van der Waals surface area contributed by atoms with Gasteiger partial charge in [0.05, 0.1) is 22.3 Å². The number of anilines is 1. The summed E-state index contributed by atoms with van der Waals surface area (Å²) in [5, 5.41) is 3.14. The number of halogens is 1. The second-order valence-electron chi connectivity index (χ2n) is 6.80. The smallest absolute Gasteiger partial charge is 0.340 e. The van der Waals surface area contributed by atoms with Gasteiger partial charge in [0.15, 0.2) is 6.61 Å². The Morgan fingerprint density at radius 3 is 2.70 bits per heavy atom. The second kappa shape index (κ2) is 8.44. The molecule has 1 unspecified atom stereocenters. The van der Waals surface area contributed by atoms with Gasteiger partial charge >= 0.3 is 5.97 Å². The summed E-state index contributed by atoms with van der Waals surface area (Å²) in [5.74, 6) is -1.04. The van der Waals surface area contributed by atoms with Crippen LogP contribution in [-0.2, 0) is 22.4 Å². The van der Waals surface area contributed by atoms with Crippen LogP contribution < -0.4 is 11.1 Å². The van der Waals surface area contributed by atoms with Crippen LogP contribution in [0.3, 0.4) is 0 Å². The monoisotopic (exact) mass is 386 g/mol. The molecule has 1 aliphatic rings. The number of nitrogens with two attached hydrogens (primary N) is 1. The zero-order chi connectivity index (χ0) is 19.4. The lowest BCUT2D eigenvalue weighted by atomic mass is 9.89. The number of rotatable bonds is 5. The number of benzene rings is 2. The fourth-order valence-electron chi connectivity index (χ4n) is 3.31. The molecule has 5 nitrogen and oxygen atoms in total. The van der Waals surface area contributed by atoms with E-state index in [1.807, 2.05) is 13.0 Å². The van der Waals surface area contributed by atoms with Crippen LogP contribution in [0.2, 0.25) is 5.02 Å². The van der Waals surface area contributed by atoms with Crippen LogP contribution in [0.1, 0.15) is 52.9 Å². The van der Waals surface area contributed by atoms with Crippen molar-refractivity contribution < 1.29 is 14.3 Å². The molecule has 0 saturated heterocycles. The number of esters is 1. The van der Waals surface area contributed by atoms with Crippen LogP contribution in [0, 0.1) is 0 Å². The summed E-state index contributed by atoms with van der Waals surface area (Å²) in [5.41, 5.74) is 9.88. The van der Waals surface area contributed by atoms with E-state index in [2.05, 4.69) is 17.4 Å². The highest BCUT2D eigenvalue weighted by Crippen LogP contribution is 2.25. The molecule has 3 rings (SSSR count). The molecule has 0 radical (unpaired) electrons. The van der Waals surface area contributed by atoms with E-state index in [-0.39, 0.29) is 34.8 Å². The summed E-state index contributed by atoms with van der Waals surface area (Å²) in [4.78, 5) is 24.3. The topological polar surface area (TPSA) is 81.4 Å². The number of amides is 1. The molecule has 0 bridgehead atoms. The minimum atomic E-state index is -0.674. The number of carbonyl (C=O) groups is 2. The van der Waals surface area contributed by atoms with E-state index in [1.165, 1.54) is 30.0 Å². The van der Waals surface area contributed by atoms with E-state index in [9.17, 15) is 9.59 Å². The standard InChI is InChI=1S/C21H23ClN2O3/c1-13(15-10-9-14-5-2-3-6-16(14)11-15)24-19(25)12-27-21(26)17-7-4-8-18(22)20(17)23/h4,7-11,13H,2-3,5-6,12,23H2,1H3,(H,24,25). The highest BCUT2D eigenvalue weighted by Gasteiger charge is 2.17. The van der Waals surface area contributed by atoms with Gasteiger partial charge in [-0.1, -0.05) is 35.9 Å². The van der Waals surface area contributed by atoms with E-state index < -0.39 is 5.97 Å². The molecule has 2 aromatic carbocycles. The molecule has 6 heteroatoms. The maximum atomic E-state index is 12.2. The Bertz CT molecular complexity index is 867. The largest absolute Gasteiger partial charge is 0.452 e. The molecule has 0 fully saturated rings. The van der Waals surface area contributed by atoms with Gasteiger partial charge in [0.25, 0.3) is 5.91 Å². The average molecular weight is 387 g/mol. The van der Waals surface area contributed by atoms with Crippen molar-refractivity contribution in [2.45, 2.75) is 38.6 Å². The number of ether oxygens (including phenoxy) is 1. The molecule has 1 atom stereocenters. The first-order valence-electron chi connectivity index (χ1n) is 9.08. The van der Waals surface area contributed by atoms with Crippen LogP contribution in [0.25, 0.3) is 0 Å². The Hall–Kier alpha value is -2.53. The highest BCUT2D eigenvalue weighted by molar-refractivity contribution is 6.33. The molecule has 142 valence electrons. The average Bonchev–Trinajstić information content (AvgIpc) is 2.67. The van der Waals surface area contributed by atoms with Gasteiger partial charge in [-0.25, -0.2) is 4.79 Å². The number of hydrogen-bond acceptors (Lipinski definition) is 4. The van der Waals surface area contributed by atoms with Crippen LogP contribution in [0.15, 0.2) is 36.4 Å². The first-order chi connectivity index (χ1) is 13.0. The minimum Gasteiger partial charge on any atom is -0.452 e. The Morgan fingerprint density at radius 2 is 1.93 bits per heavy atom. The van der Waals surface area contributed by atoms with Gasteiger partial charge in [-0.3, -0.25) is 4.79 Å². The molecule has 0 saturated carbocycles. The first kappa shape index (κ1) is 19.2. The molecular weight excluding hydrogens is 364 g/mol. The summed E-state index contributed by atoms with van der Waals surface area (Å²) in [6.45, 7) is 1.54. The number of fused-ring (bicyclic) bond motifs is 1. The zero-order valence-electron chi connectivity index (χ0n) is 15.3. The third-order valence-electron chi connectivity index (χ3n) is 4.86. The van der Waals surface area contributed by atoms with E-state index in [1.54, 1.807) is 12.1 Å². The van der Waals surface area contributed by atoms with Crippen LogP contribution in [-0.4, -0.2) is 18.5 Å². The SMILES string of the molecule is CC(NC(=O)COC(=O)c1cccc(Cl)c1N)c1ccc2c(c1)CCCC2. The lowest BCUT2D eigenvalue weighted by Crippen LogP contribution is -2.31. The lowest BCUT2D eigenvalue weighted by Gasteiger charge is -2.20. The molecule has 1 aliphatic carbocycles. The first-order valence-corrected chi connectivity index (χ1v) is 9.45. The molecule has 3 N–H and O–H groups in total.